The summed E-state index contributed by atoms with van der Waals surface area (Å²) in [6, 6.07) is -1.65. The molecular weight excluding hydrogens is 330 g/mol. The Morgan fingerprint density at radius 3 is 2.68 bits per heavy atom. The molecule has 1 amide bonds. The molecule has 0 aromatic heterocycles. The average molecular weight is 355 g/mol. The molecule has 140 valence electrons. The first-order valence-electron chi connectivity index (χ1n) is 8.26. The highest BCUT2D eigenvalue weighted by Crippen LogP contribution is 2.52. The summed E-state index contributed by atoms with van der Waals surface area (Å²) < 4.78 is 4.86. The number of hydrogen-bond donors (Lipinski definition) is 5. The van der Waals surface area contributed by atoms with Crippen molar-refractivity contribution in [3.8, 4) is 0 Å². The van der Waals surface area contributed by atoms with E-state index in [1.165, 1.54) is 0 Å². The molecule has 3 heterocycles. The second kappa shape index (κ2) is 5.63. The Hall–Kier alpha value is -2.27. The Morgan fingerprint density at radius 1 is 1.40 bits per heavy atom. The van der Waals surface area contributed by atoms with Gasteiger partial charge in [0.05, 0.1) is 0 Å². The summed E-state index contributed by atoms with van der Waals surface area (Å²) in [7, 11) is 0. The molecule has 0 bridgehead atoms. The number of guanidine groups is 2. The second-order valence-electron chi connectivity index (χ2n) is 6.95. The fourth-order valence-electron chi connectivity index (χ4n) is 4.50. The maximum atomic E-state index is 11.2. The number of nitrogens with two attached hydrogens (primary N) is 3. The van der Waals surface area contributed by atoms with Gasteiger partial charge in [0.1, 0.15) is 24.3 Å². The van der Waals surface area contributed by atoms with Crippen molar-refractivity contribution in [1.82, 2.24) is 9.96 Å². The van der Waals surface area contributed by atoms with Gasteiger partial charge in [0.2, 0.25) is 5.96 Å². The molecule has 1 fully saturated rings. The summed E-state index contributed by atoms with van der Waals surface area (Å²) in [5.41, 5.74) is 14.3. The molecule has 0 aromatic rings. The monoisotopic (exact) mass is 355 g/mol. The molecule has 0 radical (unpaired) electrons. The van der Waals surface area contributed by atoms with Gasteiger partial charge < -0.3 is 31.9 Å². The number of ether oxygens (including phenoxy) is 1. The van der Waals surface area contributed by atoms with E-state index in [1.54, 1.807) is 11.8 Å². The molecule has 3 unspecified atom stereocenters. The number of carbonyl (C=O) groups is 1. The van der Waals surface area contributed by atoms with Crippen LogP contribution in [-0.2, 0) is 4.74 Å². The third kappa shape index (κ3) is 2.22. The number of hydroxylamine groups is 2. The highest BCUT2D eigenvalue weighted by Gasteiger charge is 2.73. The minimum Gasteiger partial charge on any atom is -0.447 e. The molecule has 1 saturated heterocycles. The zero-order valence-electron chi connectivity index (χ0n) is 14.3. The second-order valence-corrected chi connectivity index (χ2v) is 6.95. The van der Waals surface area contributed by atoms with E-state index < -0.39 is 29.4 Å². The Bertz CT molecular complexity index is 637. The van der Waals surface area contributed by atoms with Crippen molar-refractivity contribution in [2.45, 2.75) is 62.5 Å². The minimum absolute atomic E-state index is 0.134. The van der Waals surface area contributed by atoms with Crippen molar-refractivity contribution in [3.63, 3.8) is 0 Å². The molecule has 8 N–H and O–H groups in total. The van der Waals surface area contributed by atoms with E-state index in [0.29, 0.717) is 6.42 Å². The highest BCUT2D eigenvalue weighted by molar-refractivity contribution is 5.87. The lowest BCUT2D eigenvalue weighted by Crippen LogP contribution is -2.76. The molecule has 1 spiro atoms. The molecule has 5 atom stereocenters. The highest BCUT2D eigenvalue weighted by atomic mass is 16.5. The van der Waals surface area contributed by atoms with E-state index in [9.17, 15) is 15.1 Å². The Balaban J connectivity index is 2.10. The van der Waals surface area contributed by atoms with Crippen molar-refractivity contribution in [3.05, 3.63) is 0 Å². The van der Waals surface area contributed by atoms with Crippen molar-refractivity contribution in [2.24, 2.45) is 27.2 Å². The number of aliphatic hydroxyl groups is 1. The van der Waals surface area contributed by atoms with Gasteiger partial charge in [0, 0.05) is 12.5 Å². The Kier molecular flexibility index (Phi) is 3.95. The van der Waals surface area contributed by atoms with Crippen LogP contribution in [0.3, 0.4) is 0 Å². The van der Waals surface area contributed by atoms with Crippen molar-refractivity contribution in [1.29, 1.82) is 0 Å². The fourth-order valence-corrected chi connectivity index (χ4v) is 4.50. The van der Waals surface area contributed by atoms with Gasteiger partial charge in [0.15, 0.2) is 11.6 Å². The van der Waals surface area contributed by atoms with E-state index in [4.69, 9.17) is 21.9 Å². The van der Waals surface area contributed by atoms with Gasteiger partial charge >= 0.3 is 6.09 Å². The van der Waals surface area contributed by atoms with Crippen LogP contribution >= 0.6 is 0 Å². The van der Waals surface area contributed by atoms with Crippen LogP contribution in [0.15, 0.2) is 9.98 Å². The molecule has 11 heteroatoms. The standard InChI is InChI=1S/C14H25N7O4/c1-3-4-7-5-13(2,23)14-9(19-11(16)21(14)24)8(6-25-12(17)22)18-10(15)20(7)14/h7-9,23-24H,3-6H2,1-2H3,(H2,15,18)(H2,16,19)(H2,17,22)/t7?,8-,9?,13-,14?/m0/s1. The normalized spacial score (nSPS) is 39.6. The topological polar surface area (TPSA) is 176 Å². The van der Waals surface area contributed by atoms with E-state index >= 15 is 0 Å². The zero-order valence-corrected chi connectivity index (χ0v) is 14.3. The Morgan fingerprint density at radius 2 is 2.08 bits per heavy atom. The number of aliphatic imine (C=N–C) groups is 2. The third-order valence-corrected chi connectivity index (χ3v) is 5.31. The minimum atomic E-state index is -1.41. The summed E-state index contributed by atoms with van der Waals surface area (Å²) in [6.07, 6.45) is 1.01. The van der Waals surface area contributed by atoms with Gasteiger partial charge in [0.25, 0.3) is 0 Å². The zero-order chi connectivity index (χ0) is 18.6. The number of primary amides is 1. The largest absolute Gasteiger partial charge is 0.447 e. The van der Waals surface area contributed by atoms with E-state index in [1.807, 2.05) is 6.92 Å². The number of rotatable bonds is 4. The predicted octanol–water partition coefficient (Wildman–Crippen LogP) is -1.51. The molecule has 3 rings (SSSR count). The van der Waals surface area contributed by atoms with Crippen LogP contribution in [0.2, 0.25) is 0 Å². The number of hydrogen-bond acceptors (Lipinski definition) is 10. The van der Waals surface area contributed by atoms with Gasteiger partial charge in [-0.15, -0.1) is 0 Å². The van der Waals surface area contributed by atoms with Crippen molar-refractivity contribution >= 4 is 18.0 Å². The summed E-state index contributed by atoms with van der Waals surface area (Å²) in [4.78, 5) is 21.3. The van der Waals surface area contributed by atoms with Crippen LogP contribution < -0.4 is 17.2 Å². The van der Waals surface area contributed by atoms with Crippen LogP contribution in [0.25, 0.3) is 0 Å². The van der Waals surface area contributed by atoms with Gasteiger partial charge in [-0.3, -0.25) is 5.21 Å². The summed E-state index contributed by atoms with van der Waals surface area (Å²) in [5, 5.41) is 22.7. The molecule has 3 aliphatic rings. The molecule has 25 heavy (non-hydrogen) atoms. The maximum absolute atomic E-state index is 11.2. The van der Waals surface area contributed by atoms with E-state index in [2.05, 4.69) is 9.98 Å². The summed E-state index contributed by atoms with van der Waals surface area (Å²) in [6.45, 7) is 3.45. The number of nitrogens with zero attached hydrogens (tertiary/aromatic N) is 4. The van der Waals surface area contributed by atoms with Crippen LogP contribution in [0, 0.1) is 0 Å². The SMILES string of the molecule is CCCC1C[C@](C)(O)C23C(N=C(N)N2O)[C@H](COC(N)=O)N=C(N)N13. The first-order chi connectivity index (χ1) is 11.7. The predicted molar refractivity (Wildman–Crippen MR) is 88.5 cm³/mol. The number of amides is 1. The smallest absolute Gasteiger partial charge is 0.404 e. The van der Waals surface area contributed by atoms with Gasteiger partial charge in [-0.2, -0.15) is 5.06 Å². The van der Waals surface area contributed by atoms with Crippen molar-refractivity contribution in [2.75, 3.05) is 6.61 Å². The summed E-state index contributed by atoms with van der Waals surface area (Å²) >= 11 is 0. The molecule has 0 aliphatic carbocycles. The van der Waals surface area contributed by atoms with Crippen LogP contribution in [0.5, 0.6) is 0 Å². The van der Waals surface area contributed by atoms with Crippen molar-refractivity contribution < 1.29 is 19.8 Å². The molecular formula is C14H25N7O4. The van der Waals surface area contributed by atoms with Crippen LogP contribution in [-0.4, -0.2) is 74.3 Å². The van der Waals surface area contributed by atoms with Crippen LogP contribution in [0.1, 0.15) is 33.1 Å². The lowest BCUT2D eigenvalue weighted by atomic mass is 9.80. The quantitative estimate of drug-likeness (QED) is 0.404. The summed E-state index contributed by atoms with van der Waals surface area (Å²) in [5.74, 6) is -0.0177. The lowest BCUT2D eigenvalue weighted by molar-refractivity contribution is -0.218. The van der Waals surface area contributed by atoms with Gasteiger partial charge in [-0.1, -0.05) is 13.3 Å². The molecule has 0 saturated carbocycles. The average Bonchev–Trinajstić information content (AvgIpc) is 2.91. The molecule has 3 aliphatic heterocycles. The molecule has 0 aromatic carbocycles. The number of carbonyl (C=O) groups excluding carboxylic acids is 1. The first-order valence-corrected chi connectivity index (χ1v) is 8.26. The molecule has 11 nitrogen and oxygen atoms in total. The Labute approximate surface area is 145 Å². The van der Waals surface area contributed by atoms with E-state index in [-0.39, 0.29) is 24.6 Å². The lowest BCUT2D eigenvalue weighted by Gasteiger charge is -2.52. The van der Waals surface area contributed by atoms with Crippen LogP contribution in [0.4, 0.5) is 4.79 Å². The third-order valence-electron chi connectivity index (χ3n) is 5.31. The fraction of sp³-hybridized carbons (Fsp3) is 0.786. The van der Waals surface area contributed by atoms with Gasteiger partial charge in [-0.25, -0.2) is 14.8 Å². The first kappa shape index (κ1) is 17.5. The maximum Gasteiger partial charge on any atom is 0.404 e. The van der Waals surface area contributed by atoms with E-state index in [0.717, 1.165) is 17.9 Å². The van der Waals surface area contributed by atoms with Gasteiger partial charge in [-0.05, 0) is 13.3 Å².